The van der Waals surface area contributed by atoms with Crippen LogP contribution in [-0.4, -0.2) is 25.9 Å². The molecular weight excluding hydrogens is 246 g/mol. The second-order valence-electron chi connectivity index (χ2n) is 3.48. The highest BCUT2D eigenvalue weighted by Crippen LogP contribution is 2.22. The summed E-state index contributed by atoms with van der Waals surface area (Å²) in [6, 6.07) is 4.67. The van der Waals surface area contributed by atoms with Gasteiger partial charge in [0.15, 0.2) is 4.90 Å². The Morgan fingerprint density at radius 3 is 2.59 bits per heavy atom. The molecular formula is C9H13N3O4S. The molecule has 8 heteroatoms. The number of nitrogens with two attached hydrogens (primary N) is 1. The topological polar surface area (TPSA) is 115 Å². The van der Waals surface area contributed by atoms with Crippen molar-refractivity contribution in [2.75, 3.05) is 6.54 Å². The lowest BCUT2D eigenvalue weighted by Gasteiger charge is -2.11. The predicted octanol–water partition coefficient (Wildman–Crippen LogP) is 0.220. The molecule has 17 heavy (non-hydrogen) atoms. The molecule has 0 unspecified atom stereocenters. The van der Waals surface area contributed by atoms with Gasteiger partial charge in [0, 0.05) is 18.7 Å². The highest BCUT2D eigenvalue weighted by atomic mass is 32.2. The van der Waals surface area contributed by atoms with Crippen molar-refractivity contribution < 1.29 is 13.3 Å². The molecule has 0 radical (unpaired) electrons. The summed E-state index contributed by atoms with van der Waals surface area (Å²) in [6.45, 7) is 1.69. The molecule has 0 aliphatic heterocycles. The molecule has 1 aromatic carbocycles. The van der Waals surface area contributed by atoms with Crippen LogP contribution < -0.4 is 10.5 Å². The van der Waals surface area contributed by atoms with Crippen molar-refractivity contribution in [2.24, 2.45) is 5.73 Å². The van der Waals surface area contributed by atoms with E-state index in [0.29, 0.717) is 0 Å². The summed E-state index contributed by atoms with van der Waals surface area (Å²) in [5.41, 5.74) is 4.84. The van der Waals surface area contributed by atoms with Gasteiger partial charge in [-0.1, -0.05) is 12.1 Å². The van der Waals surface area contributed by atoms with Gasteiger partial charge in [0.2, 0.25) is 10.0 Å². The normalized spacial score (nSPS) is 13.3. The van der Waals surface area contributed by atoms with Crippen LogP contribution in [0.15, 0.2) is 29.2 Å². The smallest absolute Gasteiger partial charge is 0.289 e. The van der Waals surface area contributed by atoms with E-state index in [4.69, 9.17) is 5.73 Å². The summed E-state index contributed by atoms with van der Waals surface area (Å²) in [6.07, 6.45) is 0. The predicted molar refractivity (Wildman–Crippen MR) is 61.9 cm³/mol. The number of benzene rings is 1. The number of para-hydroxylation sites is 1. The maximum Gasteiger partial charge on any atom is 0.289 e. The van der Waals surface area contributed by atoms with E-state index >= 15 is 0 Å². The maximum atomic E-state index is 11.9. The van der Waals surface area contributed by atoms with Gasteiger partial charge in [-0.25, -0.2) is 13.1 Å². The minimum atomic E-state index is -3.92. The van der Waals surface area contributed by atoms with Gasteiger partial charge < -0.3 is 5.73 Å². The fourth-order valence-corrected chi connectivity index (χ4v) is 2.64. The van der Waals surface area contributed by atoms with Crippen molar-refractivity contribution in [2.45, 2.75) is 17.9 Å². The molecule has 7 nitrogen and oxygen atoms in total. The summed E-state index contributed by atoms with van der Waals surface area (Å²) < 4.78 is 26.0. The summed E-state index contributed by atoms with van der Waals surface area (Å²) in [4.78, 5) is 9.62. The number of hydrogen-bond acceptors (Lipinski definition) is 5. The standard InChI is InChI=1S/C9H13N3O4S/c1-7(6-10)11-17(15,16)9-5-3-2-4-8(9)12(13)14/h2-5,7,11H,6,10H2,1H3/t7-/m0/s1. The largest absolute Gasteiger partial charge is 0.329 e. The third-order valence-corrected chi connectivity index (χ3v) is 3.70. The Morgan fingerprint density at radius 2 is 2.06 bits per heavy atom. The average molecular weight is 259 g/mol. The first kappa shape index (κ1) is 13.6. The first-order valence-electron chi connectivity index (χ1n) is 4.84. The lowest BCUT2D eigenvalue weighted by atomic mass is 10.3. The molecule has 0 aliphatic rings. The van der Waals surface area contributed by atoms with Crippen LogP contribution in [-0.2, 0) is 10.0 Å². The highest BCUT2D eigenvalue weighted by Gasteiger charge is 2.25. The zero-order chi connectivity index (χ0) is 13.1. The van der Waals surface area contributed by atoms with E-state index in [9.17, 15) is 18.5 Å². The third-order valence-electron chi connectivity index (χ3n) is 2.06. The van der Waals surface area contributed by atoms with Gasteiger partial charge in [0.05, 0.1) is 4.92 Å². The molecule has 94 valence electrons. The van der Waals surface area contributed by atoms with E-state index in [1.54, 1.807) is 6.92 Å². The van der Waals surface area contributed by atoms with Crippen molar-refractivity contribution in [1.29, 1.82) is 0 Å². The van der Waals surface area contributed by atoms with Gasteiger partial charge in [0.25, 0.3) is 5.69 Å². The van der Waals surface area contributed by atoms with E-state index in [1.165, 1.54) is 18.2 Å². The molecule has 0 saturated carbocycles. The van der Waals surface area contributed by atoms with Crippen LogP contribution in [0.3, 0.4) is 0 Å². The van der Waals surface area contributed by atoms with Gasteiger partial charge in [-0.05, 0) is 13.0 Å². The van der Waals surface area contributed by atoms with E-state index in [0.717, 1.165) is 6.07 Å². The summed E-state index contributed by atoms with van der Waals surface area (Å²) >= 11 is 0. The van der Waals surface area contributed by atoms with E-state index in [1.807, 2.05) is 0 Å². The van der Waals surface area contributed by atoms with Crippen LogP contribution in [0.25, 0.3) is 0 Å². The molecule has 0 spiro atoms. The lowest BCUT2D eigenvalue weighted by Crippen LogP contribution is -2.37. The summed E-state index contributed by atoms with van der Waals surface area (Å²) in [5, 5.41) is 10.7. The van der Waals surface area contributed by atoms with Crippen LogP contribution in [0.4, 0.5) is 5.69 Å². The Labute approximate surface area is 98.8 Å². The number of nitrogens with zero attached hydrogens (tertiary/aromatic N) is 1. The molecule has 3 N–H and O–H groups in total. The Kier molecular flexibility index (Phi) is 4.16. The Hall–Kier alpha value is -1.51. The molecule has 0 saturated heterocycles. The molecule has 0 amide bonds. The molecule has 0 bridgehead atoms. The molecule has 1 rings (SSSR count). The SMILES string of the molecule is C[C@@H](CN)NS(=O)(=O)c1ccccc1[N+](=O)[O-]. The quantitative estimate of drug-likeness (QED) is 0.579. The molecule has 0 heterocycles. The van der Waals surface area contributed by atoms with Crippen molar-refractivity contribution in [3.63, 3.8) is 0 Å². The second-order valence-corrected chi connectivity index (χ2v) is 5.17. The fourth-order valence-electron chi connectivity index (χ4n) is 1.21. The third kappa shape index (κ3) is 3.22. The van der Waals surface area contributed by atoms with Gasteiger partial charge >= 0.3 is 0 Å². The van der Waals surface area contributed by atoms with E-state index in [-0.39, 0.29) is 11.4 Å². The van der Waals surface area contributed by atoms with Gasteiger partial charge in [-0.2, -0.15) is 0 Å². The number of rotatable bonds is 5. The van der Waals surface area contributed by atoms with Crippen molar-refractivity contribution >= 4 is 15.7 Å². The molecule has 1 atom stereocenters. The Balaban J connectivity index is 3.20. The van der Waals surface area contributed by atoms with Crippen LogP contribution in [0.1, 0.15) is 6.92 Å². The van der Waals surface area contributed by atoms with Crippen molar-refractivity contribution in [1.82, 2.24) is 4.72 Å². The number of nitro benzene ring substituents is 1. The second kappa shape index (κ2) is 5.21. The summed E-state index contributed by atoms with van der Waals surface area (Å²) in [5.74, 6) is 0. The number of nitrogens with one attached hydrogen (secondary N) is 1. The average Bonchev–Trinajstić information content (AvgIpc) is 2.28. The Bertz CT molecular complexity index is 515. The first-order chi connectivity index (χ1) is 7.88. The van der Waals surface area contributed by atoms with Gasteiger partial charge in [0.1, 0.15) is 0 Å². The van der Waals surface area contributed by atoms with Crippen LogP contribution in [0.2, 0.25) is 0 Å². The molecule has 0 aliphatic carbocycles. The molecule has 1 aromatic rings. The summed E-state index contributed by atoms with van der Waals surface area (Å²) in [7, 11) is -3.92. The van der Waals surface area contributed by atoms with Crippen molar-refractivity contribution in [3.05, 3.63) is 34.4 Å². The molecule has 0 aromatic heterocycles. The lowest BCUT2D eigenvalue weighted by molar-refractivity contribution is -0.387. The van der Waals surface area contributed by atoms with Crippen LogP contribution in [0.5, 0.6) is 0 Å². The fraction of sp³-hybridized carbons (Fsp3) is 0.333. The maximum absolute atomic E-state index is 11.9. The number of hydrogen-bond donors (Lipinski definition) is 2. The van der Waals surface area contributed by atoms with Gasteiger partial charge in [-0.3, -0.25) is 10.1 Å². The monoisotopic (exact) mass is 259 g/mol. The minimum absolute atomic E-state index is 0.111. The van der Waals surface area contributed by atoms with E-state index in [2.05, 4.69) is 4.72 Å². The van der Waals surface area contributed by atoms with Crippen LogP contribution >= 0.6 is 0 Å². The van der Waals surface area contributed by atoms with E-state index < -0.39 is 26.7 Å². The van der Waals surface area contributed by atoms with Gasteiger partial charge in [-0.15, -0.1) is 0 Å². The molecule has 0 fully saturated rings. The van der Waals surface area contributed by atoms with Crippen LogP contribution in [0, 0.1) is 10.1 Å². The van der Waals surface area contributed by atoms with Crippen molar-refractivity contribution in [3.8, 4) is 0 Å². The zero-order valence-electron chi connectivity index (χ0n) is 9.16. The minimum Gasteiger partial charge on any atom is -0.329 e. The first-order valence-corrected chi connectivity index (χ1v) is 6.32. The zero-order valence-corrected chi connectivity index (χ0v) is 9.98. The number of nitro groups is 1. The number of sulfonamides is 1. The Morgan fingerprint density at radius 1 is 1.47 bits per heavy atom. The highest BCUT2D eigenvalue weighted by molar-refractivity contribution is 7.89.